The molecule has 0 aromatic carbocycles. The zero-order valence-corrected chi connectivity index (χ0v) is 8.12. The molecule has 0 radical (unpaired) electrons. The minimum atomic E-state index is -2.10. The number of hydrogen-bond donors (Lipinski definition) is 0. The van der Waals surface area contributed by atoms with Crippen molar-refractivity contribution in [3.05, 3.63) is 25.3 Å². The SMILES string of the molecule is C=C[CH2][Pd]([Cl])([Cl])[CH2]C=C. The predicted octanol–water partition coefficient (Wildman–Crippen LogP) is 3.66. The quantitative estimate of drug-likeness (QED) is 0.534. The van der Waals surface area contributed by atoms with Gasteiger partial charge in [0, 0.05) is 0 Å². The van der Waals surface area contributed by atoms with Gasteiger partial charge in [0.05, 0.1) is 0 Å². The maximum absolute atomic E-state index is 5.91. The average Bonchev–Trinajstić information content (AvgIpc) is 1.64. The molecule has 3 heteroatoms. The Balaban J connectivity index is 3.68. The molecule has 0 atom stereocenters. The Morgan fingerprint density at radius 3 is 1.67 bits per heavy atom. The Kier molecular flexibility index (Phi) is 4.89. The van der Waals surface area contributed by atoms with Crippen LogP contribution in [0.15, 0.2) is 25.3 Å². The third-order valence-corrected chi connectivity index (χ3v) is 5.62. The van der Waals surface area contributed by atoms with Crippen LogP contribution >= 0.6 is 19.1 Å². The molecule has 0 bridgehead atoms. The van der Waals surface area contributed by atoms with Crippen molar-refractivity contribution < 1.29 is 13.5 Å². The van der Waals surface area contributed by atoms with E-state index in [0.29, 0.717) is 0 Å². The van der Waals surface area contributed by atoms with Crippen molar-refractivity contribution in [2.45, 2.75) is 9.79 Å². The monoisotopic (exact) mass is 258 g/mol. The summed E-state index contributed by atoms with van der Waals surface area (Å²) in [5.74, 6) is 0. The van der Waals surface area contributed by atoms with E-state index < -0.39 is 13.5 Å². The molecule has 0 spiro atoms. The van der Waals surface area contributed by atoms with E-state index in [1.165, 1.54) is 0 Å². The molecule has 0 saturated carbocycles. The molecule has 0 fully saturated rings. The van der Waals surface area contributed by atoms with Crippen LogP contribution in [0, 0.1) is 0 Å². The van der Waals surface area contributed by atoms with Gasteiger partial charge in [-0.1, -0.05) is 0 Å². The van der Waals surface area contributed by atoms with Gasteiger partial charge in [-0.25, -0.2) is 0 Å². The summed E-state index contributed by atoms with van der Waals surface area (Å²) in [4.78, 5) is 1.50. The first kappa shape index (κ1) is 9.72. The van der Waals surface area contributed by atoms with Crippen LogP contribution in [0.4, 0.5) is 0 Å². The van der Waals surface area contributed by atoms with Gasteiger partial charge in [0.1, 0.15) is 0 Å². The van der Waals surface area contributed by atoms with Crippen LogP contribution in [0.3, 0.4) is 0 Å². The number of allylic oxidation sites excluding steroid dienone is 2. The van der Waals surface area contributed by atoms with Gasteiger partial charge in [0.15, 0.2) is 0 Å². The summed E-state index contributed by atoms with van der Waals surface area (Å²) in [5, 5.41) is 0. The van der Waals surface area contributed by atoms with Crippen LogP contribution in [0.1, 0.15) is 0 Å². The molecular weight excluding hydrogens is 249 g/mol. The van der Waals surface area contributed by atoms with Crippen molar-refractivity contribution in [3.8, 4) is 0 Å². The van der Waals surface area contributed by atoms with Gasteiger partial charge in [0.2, 0.25) is 0 Å². The molecule has 0 aliphatic carbocycles. The Bertz CT molecular complexity index is 97.6. The molecule has 0 amide bonds. The third kappa shape index (κ3) is 5.18. The van der Waals surface area contributed by atoms with Gasteiger partial charge in [-0.05, 0) is 0 Å². The van der Waals surface area contributed by atoms with Crippen molar-refractivity contribution in [1.82, 2.24) is 0 Å². The Hall–Kier alpha value is 0.722. The van der Waals surface area contributed by atoms with Gasteiger partial charge in [-0.15, -0.1) is 0 Å². The Labute approximate surface area is 67.5 Å². The molecule has 0 rings (SSSR count). The molecule has 0 aliphatic rings. The van der Waals surface area contributed by atoms with E-state index in [9.17, 15) is 0 Å². The van der Waals surface area contributed by atoms with E-state index in [0.717, 1.165) is 9.79 Å². The first-order valence-electron chi connectivity index (χ1n) is 2.32. The molecule has 0 unspecified atom stereocenters. The van der Waals surface area contributed by atoms with Crippen LogP contribution in [0.2, 0.25) is 9.79 Å². The summed E-state index contributed by atoms with van der Waals surface area (Å²) < 4.78 is 0. The summed E-state index contributed by atoms with van der Waals surface area (Å²) in [7, 11) is 11.8. The van der Waals surface area contributed by atoms with Crippen molar-refractivity contribution in [2.75, 3.05) is 0 Å². The summed E-state index contributed by atoms with van der Waals surface area (Å²) in [6.45, 7) is 7.12. The zero-order valence-electron chi connectivity index (χ0n) is 5.06. The van der Waals surface area contributed by atoms with Gasteiger partial charge in [-0.2, -0.15) is 0 Å². The van der Waals surface area contributed by atoms with E-state index in [2.05, 4.69) is 13.2 Å². The van der Waals surface area contributed by atoms with Crippen molar-refractivity contribution >= 4 is 19.1 Å². The first-order valence-corrected chi connectivity index (χ1v) is 8.52. The maximum atomic E-state index is 5.91. The fourth-order valence-corrected chi connectivity index (χ4v) is 3.53. The van der Waals surface area contributed by atoms with Crippen LogP contribution in [-0.2, 0) is 13.5 Å². The van der Waals surface area contributed by atoms with Crippen LogP contribution in [0.25, 0.3) is 0 Å². The summed E-state index contributed by atoms with van der Waals surface area (Å²) in [6, 6.07) is 0. The summed E-state index contributed by atoms with van der Waals surface area (Å²) in [6.07, 6.45) is 3.53. The normalized spacial score (nSPS) is 12.7. The summed E-state index contributed by atoms with van der Waals surface area (Å²) in [5.41, 5.74) is 0. The molecular formula is C6H10Cl2Pd. The van der Waals surface area contributed by atoms with E-state index >= 15 is 0 Å². The van der Waals surface area contributed by atoms with Gasteiger partial charge in [-0.3, -0.25) is 0 Å². The van der Waals surface area contributed by atoms with Gasteiger partial charge < -0.3 is 0 Å². The van der Waals surface area contributed by atoms with E-state index in [4.69, 9.17) is 19.1 Å². The topological polar surface area (TPSA) is 0 Å². The second-order valence-electron chi connectivity index (χ2n) is 1.38. The Morgan fingerprint density at radius 1 is 1.11 bits per heavy atom. The average molecular weight is 259 g/mol. The molecule has 58 valence electrons. The minimum absolute atomic E-state index is 0.749. The molecule has 0 heterocycles. The van der Waals surface area contributed by atoms with Gasteiger partial charge in [0.25, 0.3) is 0 Å². The van der Waals surface area contributed by atoms with E-state index in [-0.39, 0.29) is 0 Å². The first-order chi connectivity index (χ1) is 4.12. The van der Waals surface area contributed by atoms with Crippen molar-refractivity contribution in [3.63, 3.8) is 0 Å². The molecule has 9 heavy (non-hydrogen) atoms. The molecule has 0 aliphatic heterocycles. The molecule has 0 nitrogen and oxygen atoms in total. The second-order valence-corrected chi connectivity index (χ2v) is 11.4. The third-order valence-electron chi connectivity index (χ3n) is 0.560. The number of rotatable bonds is 4. The fraction of sp³-hybridized carbons (Fsp3) is 0.333. The Morgan fingerprint density at radius 2 is 1.44 bits per heavy atom. The van der Waals surface area contributed by atoms with Crippen molar-refractivity contribution in [1.29, 1.82) is 0 Å². The molecule has 0 saturated heterocycles. The zero-order chi connectivity index (χ0) is 7.33. The van der Waals surface area contributed by atoms with Crippen LogP contribution in [-0.4, -0.2) is 0 Å². The second kappa shape index (κ2) is 4.52. The van der Waals surface area contributed by atoms with E-state index in [1.807, 2.05) is 0 Å². The van der Waals surface area contributed by atoms with Crippen LogP contribution in [0.5, 0.6) is 0 Å². The summed E-state index contributed by atoms with van der Waals surface area (Å²) >= 11 is -2.10. The fourth-order valence-electron chi connectivity index (χ4n) is 0.320. The van der Waals surface area contributed by atoms with Crippen molar-refractivity contribution in [2.24, 2.45) is 0 Å². The predicted molar refractivity (Wildman–Crippen MR) is 41.7 cm³/mol. The standard InChI is InChI=1S/2C3H5.2ClH.Pd/c2*1-3-2;;;/h2*3H,1-2H2;2*1H;/q;;;;+2/p-2. The molecule has 0 N–H and O–H groups in total. The van der Waals surface area contributed by atoms with E-state index in [1.54, 1.807) is 12.2 Å². The number of hydrogen-bond acceptors (Lipinski definition) is 0. The van der Waals surface area contributed by atoms with Crippen LogP contribution < -0.4 is 0 Å². The number of halogens is 2. The molecule has 0 aromatic heterocycles. The molecule has 0 aromatic rings. The van der Waals surface area contributed by atoms with Gasteiger partial charge >= 0.3 is 67.7 Å².